The molecule has 1 N–H and O–H groups in total. The zero-order valence-corrected chi connectivity index (χ0v) is 16.5. The van der Waals surface area contributed by atoms with Crippen LogP contribution in [0.15, 0.2) is 48.5 Å². The summed E-state index contributed by atoms with van der Waals surface area (Å²) in [6.45, 7) is 0.569. The van der Waals surface area contributed by atoms with Crippen molar-refractivity contribution in [1.29, 1.82) is 5.26 Å². The van der Waals surface area contributed by atoms with E-state index in [4.69, 9.17) is 5.26 Å². The van der Waals surface area contributed by atoms with E-state index in [0.717, 1.165) is 17.8 Å². The number of benzene rings is 2. The number of anilines is 1. The summed E-state index contributed by atoms with van der Waals surface area (Å²) in [4.78, 5) is 27.1. The van der Waals surface area contributed by atoms with E-state index in [1.807, 2.05) is 6.07 Å². The van der Waals surface area contributed by atoms with Crippen LogP contribution in [0.2, 0.25) is 0 Å². The van der Waals surface area contributed by atoms with Gasteiger partial charge in [-0.15, -0.1) is 10.2 Å². The minimum atomic E-state index is -0.549. The number of nitrogens with zero attached hydrogens (tertiary/aromatic N) is 4. The van der Waals surface area contributed by atoms with Crippen molar-refractivity contribution >= 4 is 28.8 Å². The molecule has 1 fully saturated rings. The van der Waals surface area contributed by atoms with E-state index in [-0.39, 0.29) is 22.6 Å². The van der Waals surface area contributed by atoms with Crippen molar-refractivity contribution < 1.29 is 14.0 Å². The van der Waals surface area contributed by atoms with Crippen molar-refractivity contribution in [3.63, 3.8) is 0 Å². The van der Waals surface area contributed by atoms with Crippen molar-refractivity contribution in [3.05, 3.63) is 75.5 Å². The molecular weight excluding hydrogens is 405 g/mol. The van der Waals surface area contributed by atoms with Gasteiger partial charge in [-0.2, -0.15) is 5.26 Å². The molecule has 7 nitrogen and oxygen atoms in total. The van der Waals surface area contributed by atoms with Gasteiger partial charge in [-0.05, 0) is 49.2 Å². The number of hydrogen-bond donors (Lipinski definition) is 1. The number of rotatable bonds is 4. The predicted molar refractivity (Wildman–Crippen MR) is 108 cm³/mol. The van der Waals surface area contributed by atoms with Gasteiger partial charge in [-0.3, -0.25) is 9.59 Å². The van der Waals surface area contributed by atoms with Gasteiger partial charge in [0.25, 0.3) is 11.8 Å². The SMILES string of the molecule is N#Cc1ccc(C(=O)N2CCCC2c2nnc(C(=O)Nc3ccccc3F)s2)cc1. The highest BCUT2D eigenvalue weighted by Crippen LogP contribution is 2.35. The van der Waals surface area contributed by atoms with E-state index in [1.165, 1.54) is 18.2 Å². The molecule has 0 aliphatic carbocycles. The van der Waals surface area contributed by atoms with E-state index in [9.17, 15) is 14.0 Å². The summed E-state index contributed by atoms with van der Waals surface area (Å²) < 4.78 is 13.8. The maximum atomic E-state index is 13.8. The fourth-order valence-electron chi connectivity index (χ4n) is 3.32. The first-order chi connectivity index (χ1) is 14.6. The van der Waals surface area contributed by atoms with Gasteiger partial charge in [-0.25, -0.2) is 4.39 Å². The third-order valence-corrected chi connectivity index (χ3v) is 5.84. The second-order valence-corrected chi connectivity index (χ2v) is 7.73. The van der Waals surface area contributed by atoms with E-state index in [1.54, 1.807) is 35.2 Å². The topological polar surface area (TPSA) is 99.0 Å². The smallest absolute Gasteiger partial charge is 0.286 e. The lowest BCUT2D eigenvalue weighted by Gasteiger charge is -2.22. The van der Waals surface area contributed by atoms with Gasteiger partial charge in [0.1, 0.15) is 10.8 Å². The van der Waals surface area contributed by atoms with Crippen LogP contribution in [-0.2, 0) is 0 Å². The van der Waals surface area contributed by atoms with E-state index in [0.29, 0.717) is 29.1 Å². The Balaban J connectivity index is 1.50. The molecule has 1 atom stereocenters. The number of carbonyl (C=O) groups is 2. The molecule has 4 rings (SSSR count). The van der Waals surface area contributed by atoms with Crippen molar-refractivity contribution in [1.82, 2.24) is 15.1 Å². The van der Waals surface area contributed by atoms with Crippen LogP contribution in [-0.4, -0.2) is 33.5 Å². The van der Waals surface area contributed by atoms with Gasteiger partial charge >= 0.3 is 0 Å². The monoisotopic (exact) mass is 421 g/mol. The lowest BCUT2D eigenvalue weighted by atomic mass is 10.1. The first kappa shape index (κ1) is 19.7. The highest BCUT2D eigenvalue weighted by molar-refractivity contribution is 7.13. The molecule has 1 unspecified atom stereocenters. The second kappa shape index (κ2) is 8.39. The van der Waals surface area contributed by atoms with Crippen LogP contribution in [0, 0.1) is 17.1 Å². The van der Waals surface area contributed by atoms with Crippen molar-refractivity contribution in [2.45, 2.75) is 18.9 Å². The molecule has 30 heavy (non-hydrogen) atoms. The first-order valence-corrected chi connectivity index (χ1v) is 10.1. The number of halogens is 1. The van der Waals surface area contributed by atoms with Gasteiger partial charge in [-0.1, -0.05) is 23.5 Å². The summed E-state index contributed by atoms with van der Waals surface area (Å²) in [7, 11) is 0. The fourth-order valence-corrected chi connectivity index (χ4v) is 4.21. The standard InChI is InChI=1S/C21H16FN5O2S/c22-15-4-1-2-5-16(15)24-18(28)20-26-25-19(30-20)17-6-3-11-27(17)21(29)14-9-7-13(12-23)8-10-14/h1-2,4-5,7-10,17H,3,6,11H2,(H,24,28). The average molecular weight is 421 g/mol. The van der Waals surface area contributed by atoms with E-state index >= 15 is 0 Å². The Morgan fingerprint density at radius 1 is 1.17 bits per heavy atom. The Hall–Kier alpha value is -3.64. The summed E-state index contributed by atoms with van der Waals surface area (Å²) >= 11 is 1.09. The van der Waals surface area contributed by atoms with Crippen molar-refractivity contribution in [2.75, 3.05) is 11.9 Å². The zero-order valence-electron chi connectivity index (χ0n) is 15.7. The Labute approximate surface area is 175 Å². The van der Waals surface area contributed by atoms with Gasteiger partial charge in [0.2, 0.25) is 5.01 Å². The number of carbonyl (C=O) groups excluding carboxylic acids is 2. The van der Waals surface area contributed by atoms with Crippen LogP contribution in [0.5, 0.6) is 0 Å². The number of likely N-dealkylation sites (tertiary alicyclic amines) is 1. The lowest BCUT2D eigenvalue weighted by Crippen LogP contribution is -2.30. The van der Waals surface area contributed by atoms with Crippen LogP contribution < -0.4 is 5.32 Å². The Kier molecular flexibility index (Phi) is 5.50. The van der Waals surface area contributed by atoms with Crippen LogP contribution in [0.4, 0.5) is 10.1 Å². The Morgan fingerprint density at radius 3 is 2.67 bits per heavy atom. The van der Waals surface area contributed by atoms with Crippen molar-refractivity contribution in [2.24, 2.45) is 0 Å². The predicted octanol–water partition coefficient (Wildman–Crippen LogP) is 3.78. The molecule has 0 spiro atoms. The lowest BCUT2D eigenvalue weighted by molar-refractivity contribution is 0.0735. The third kappa shape index (κ3) is 3.90. The van der Waals surface area contributed by atoms with Crippen LogP contribution in [0.25, 0.3) is 0 Å². The molecule has 2 aromatic carbocycles. The van der Waals surface area contributed by atoms with Gasteiger partial charge in [0.15, 0.2) is 0 Å². The van der Waals surface area contributed by atoms with Gasteiger partial charge < -0.3 is 10.2 Å². The third-order valence-electron chi connectivity index (χ3n) is 4.82. The molecule has 150 valence electrons. The summed E-state index contributed by atoms with van der Waals surface area (Å²) in [6, 6.07) is 14.1. The number of aromatic nitrogens is 2. The molecule has 0 bridgehead atoms. The molecule has 1 saturated heterocycles. The highest BCUT2D eigenvalue weighted by atomic mass is 32.1. The number of nitrogens with one attached hydrogen (secondary N) is 1. The summed E-state index contributed by atoms with van der Waals surface area (Å²) in [5, 5.41) is 20.1. The molecule has 1 aliphatic rings. The normalized spacial score (nSPS) is 15.6. The summed E-state index contributed by atoms with van der Waals surface area (Å²) in [6.07, 6.45) is 1.52. The molecule has 2 heterocycles. The number of para-hydroxylation sites is 1. The fraction of sp³-hybridized carbons (Fsp3) is 0.190. The minimum absolute atomic E-state index is 0.0673. The minimum Gasteiger partial charge on any atom is -0.329 e. The average Bonchev–Trinajstić information content (AvgIpc) is 3.44. The molecule has 2 amide bonds. The molecule has 1 aromatic heterocycles. The number of nitriles is 1. The van der Waals surface area contributed by atoms with Crippen LogP contribution >= 0.6 is 11.3 Å². The van der Waals surface area contributed by atoms with Gasteiger partial charge in [0.05, 0.1) is 23.4 Å². The number of hydrogen-bond acceptors (Lipinski definition) is 6. The maximum absolute atomic E-state index is 13.8. The van der Waals surface area contributed by atoms with Gasteiger partial charge in [0, 0.05) is 12.1 Å². The quantitative estimate of drug-likeness (QED) is 0.691. The van der Waals surface area contributed by atoms with Crippen LogP contribution in [0.3, 0.4) is 0 Å². The maximum Gasteiger partial charge on any atom is 0.286 e. The Bertz CT molecular complexity index is 1140. The molecular formula is C21H16FN5O2S. The van der Waals surface area contributed by atoms with E-state index < -0.39 is 11.7 Å². The molecule has 3 aromatic rings. The molecule has 9 heteroatoms. The number of amides is 2. The van der Waals surface area contributed by atoms with E-state index in [2.05, 4.69) is 15.5 Å². The summed E-state index contributed by atoms with van der Waals surface area (Å²) in [5.74, 6) is -1.24. The zero-order chi connectivity index (χ0) is 21.1. The summed E-state index contributed by atoms with van der Waals surface area (Å²) in [5.41, 5.74) is 1.04. The van der Waals surface area contributed by atoms with Crippen LogP contribution in [0.1, 0.15) is 49.6 Å². The first-order valence-electron chi connectivity index (χ1n) is 9.27. The molecule has 0 radical (unpaired) electrons. The molecule has 1 aliphatic heterocycles. The Morgan fingerprint density at radius 2 is 1.93 bits per heavy atom. The largest absolute Gasteiger partial charge is 0.329 e. The second-order valence-electron chi connectivity index (χ2n) is 6.73. The highest BCUT2D eigenvalue weighted by Gasteiger charge is 2.33. The van der Waals surface area contributed by atoms with Crippen molar-refractivity contribution in [3.8, 4) is 6.07 Å². The molecule has 0 saturated carbocycles.